The van der Waals surface area contributed by atoms with E-state index < -0.39 is 34.0 Å². The molecular formula is C12H10F2N2O3S. The second-order valence-electron chi connectivity index (χ2n) is 3.97. The van der Waals surface area contributed by atoms with Crippen LogP contribution in [0.25, 0.3) is 0 Å². The van der Waals surface area contributed by atoms with Gasteiger partial charge in [0.25, 0.3) is 5.69 Å². The third-order valence-corrected chi connectivity index (χ3v) is 3.37. The van der Waals surface area contributed by atoms with Crippen LogP contribution in [0.2, 0.25) is 0 Å². The average Bonchev–Trinajstić information content (AvgIpc) is 2.93. The van der Waals surface area contributed by atoms with E-state index in [4.69, 9.17) is 0 Å². The minimum absolute atomic E-state index is 0.169. The van der Waals surface area contributed by atoms with Crippen LogP contribution in [0.1, 0.15) is 11.7 Å². The van der Waals surface area contributed by atoms with E-state index in [-0.39, 0.29) is 6.54 Å². The third-order valence-electron chi connectivity index (χ3n) is 2.67. The summed E-state index contributed by atoms with van der Waals surface area (Å²) in [6.45, 7) is -0.169. The fraction of sp³-hybridized carbons (Fsp3) is 0.167. The van der Waals surface area contributed by atoms with Crippen LogP contribution in [-0.4, -0.2) is 16.6 Å². The van der Waals surface area contributed by atoms with E-state index in [2.05, 4.69) is 5.32 Å². The summed E-state index contributed by atoms with van der Waals surface area (Å²) in [5, 5.41) is 26.4. The monoisotopic (exact) mass is 300 g/mol. The first-order valence-electron chi connectivity index (χ1n) is 5.57. The minimum Gasteiger partial charge on any atom is -0.387 e. The zero-order valence-electron chi connectivity index (χ0n) is 10.0. The van der Waals surface area contributed by atoms with Gasteiger partial charge in [0.15, 0.2) is 17.3 Å². The Morgan fingerprint density at radius 2 is 2.15 bits per heavy atom. The summed E-state index contributed by atoms with van der Waals surface area (Å²) in [6.07, 6.45) is -0.969. The first-order chi connectivity index (χ1) is 9.50. The fourth-order valence-corrected chi connectivity index (χ4v) is 2.35. The quantitative estimate of drug-likeness (QED) is 0.657. The van der Waals surface area contributed by atoms with Gasteiger partial charge < -0.3 is 10.4 Å². The van der Waals surface area contributed by atoms with Gasteiger partial charge in [-0.05, 0) is 28.5 Å². The smallest absolute Gasteiger partial charge is 0.295 e. The molecule has 106 valence electrons. The zero-order chi connectivity index (χ0) is 14.7. The summed E-state index contributed by atoms with van der Waals surface area (Å²) in [4.78, 5) is 9.96. The Morgan fingerprint density at radius 1 is 1.40 bits per heavy atom. The van der Waals surface area contributed by atoms with Crippen molar-refractivity contribution in [3.8, 4) is 0 Å². The number of nitro benzene ring substituents is 1. The molecule has 0 aliphatic carbocycles. The van der Waals surface area contributed by atoms with Crippen molar-refractivity contribution in [3.63, 3.8) is 0 Å². The molecule has 2 rings (SSSR count). The highest BCUT2D eigenvalue weighted by Crippen LogP contribution is 2.29. The van der Waals surface area contributed by atoms with Crippen molar-refractivity contribution in [2.24, 2.45) is 0 Å². The van der Waals surface area contributed by atoms with Gasteiger partial charge in [-0.15, -0.1) is 0 Å². The maximum atomic E-state index is 13.6. The van der Waals surface area contributed by atoms with Crippen LogP contribution in [0.3, 0.4) is 0 Å². The van der Waals surface area contributed by atoms with E-state index in [0.717, 1.165) is 6.07 Å². The number of anilines is 1. The van der Waals surface area contributed by atoms with Crippen LogP contribution >= 0.6 is 11.3 Å². The predicted octanol–water partition coefficient (Wildman–Crippen LogP) is 3.08. The van der Waals surface area contributed by atoms with Gasteiger partial charge in [0.1, 0.15) is 0 Å². The second-order valence-corrected chi connectivity index (χ2v) is 4.75. The molecular weight excluding hydrogens is 290 g/mol. The number of rotatable bonds is 5. The second kappa shape index (κ2) is 5.93. The molecule has 2 aromatic rings. The van der Waals surface area contributed by atoms with Gasteiger partial charge in [-0.2, -0.15) is 11.3 Å². The highest BCUT2D eigenvalue weighted by Gasteiger charge is 2.22. The largest absolute Gasteiger partial charge is 0.387 e. The van der Waals surface area contributed by atoms with Gasteiger partial charge in [0.2, 0.25) is 0 Å². The lowest BCUT2D eigenvalue weighted by atomic mass is 10.2. The number of thiophene rings is 1. The normalized spacial score (nSPS) is 12.2. The molecule has 0 radical (unpaired) electrons. The predicted molar refractivity (Wildman–Crippen MR) is 70.8 cm³/mol. The molecule has 0 aliphatic rings. The van der Waals surface area contributed by atoms with E-state index in [1.54, 1.807) is 16.8 Å². The third kappa shape index (κ3) is 2.91. The molecule has 1 heterocycles. The molecule has 1 aromatic carbocycles. The molecule has 5 nitrogen and oxygen atoms in total. The van der Waals surface area contributed by atoms with Crippen molar-refractivity contribution in [3.05, 3.63) is 56.3 Å². The number of nitrogens with zero attached hydrogens (tertiary/aromatic N) is 1. The number of nitro groups is 1. The fourth-order valence-electron chi connectivity index (χ4n) is 1.64. The van der Waals surface area contributed by atoms with Crippen molar-refractivity contribution in [1.29, 1.82) is 0 Å². The maximum Gasteiger partial charge on any atom is 0.295 e. The van der Waals surface area contributed by atoms with Crippen molar-refractivity contribution in [2.45, 2.75) is 6.10 Å². The number of halogens is 2. The Balaban J connectivity index is 2.20. The highest BCUT2D eigenvalue weighted by molar-refractivity contribution is 7.07. The van der Waals surface area contributed by atoms with Crippen LogP contribution in [0.5, 0.6) is 0 Å². The van der Waals surface area contributed by atoms with E-state index >= 15 is 0 Å². The summed E-state index contributed by atoms with van der Waals surface area (Å²) >= 11 is 1.37. The van der Waals surface area contributed by atoms with Crippen molar-refractivity contribution in [1.82, 2.24) is 0 Å². The highest BCUT2D eigenvalue weighted by atomic mass is 32.1. The van der Waals surface area contributed by atoms with Crippen LogP contribution < -0.4 is 5.32 Å². The lowest BCUT2D eigenvalue weighted by molar-refractivity contribution is -0.384. The van der Waals surface area contributed by atoms with E-state index in [9.17, 15) is 24.0 Å². The Morgan fingerprint density at radius 3 is 2.75 bits per heavy atom. The van der Waals surface area contributed by atoms with E-state index in [1.807, 2.05) is 0 Å². The van der Waals surface area contributed by atoms with Crippen LogP contribution in [0.4, 0.5) is 20.2 Å². The maximum absolute atomic E-state index is 13.6. The SMILES string of the molecule is O=[N+]([O-])c1ccc(F)c(F)c1NCC(O)c1ccsc1. The standard InChI is InChI=1S/C12H10F2N2O3S/c13-8-1-2-9(16(18)19)12(11(8)14)15-5-10(17)7-3-4-20-6-7/h1-4,6,10,15,17H,5H2. The molecule has 0 amide bonds. The summed E-state index contributed by atoms with van der Waals surface area (Å²) in [5.74, 6) is -2.53. The lowest BCUT2D eigenvalue weighted by Gasteiger charge is -2.12. The van der Waals surface area contributed by atoms with E-state index in [0.29, 0.717) is 11.6 Å². The topological polar surface area (TPSA) is 75.4 Å². The van der Waals surface area contributed by atoms with E-state index in [1.165, 1.54) is 11.3 Å². The Hall–Kier alpha value is -2.06. The van der Waals surface area contributed by atoms with Crippen LogP contribution in [-0.2, 0) is 0 Å². The molecule has 0 saturated carbocycles. The van der Waals surface area contributed by atoms with Crippen molar-refractivity contribution in [2.75, 3.05) is 11.9 Å². The van der Waals surface area contributed by atoms with Gasteiger partial charge >= 0.3 is 0 Å². The summed E-state index contributed by atoms with van der Waals surface area (Å²) < 4.78 is 26.7. The van der Waals surface area contributed by atoms with Crippen LogP contribution in [0.15, 0.2) is 29.0 Å². The molecule has 0 fully saturated rings. The molecule has 0 spiro atoms. The molecule has 0 saturated heterocycles. The first kappa shape index (κ1) is 14.4. The van der Waals surface area contributed by atoms with Crippen molar-refractivity contribution >= 4 is 22.7 Å². The first-order valence-corrected chi connectivity index (χ1v) is 6.51. The number of hydrogen-bond donors (Lipinski definition) is 2. The Labute approximate surface area is 116 Å². The number of aliphatic hydroxyl groups excluding tert-OH is 1. The van der Waals surface area contributed by atoms with Crippen molar-refractivity contribution < 1.29 is 18.8 Å². The zero-order valence-corrected chi connectivity index (χ0v) is 10.9. The number of benzene rings is 1. The molecule has 2 N–H and O–H groups in total. The number of aliphatic hydroxyl groups is 1. The van der Waals surface area contributed by atoms with Gasteiger partial charge in [0.05, 0.1) is 11.0 Å². The molecule has 1 atom stereocenters. The number of hydrogen-bond acceptors (Lipinski definition) is 5. The molecule has 0 bridgehead atoms. The molecule has 1 unspecified atom stereocenters. The molecule has 0 aliphatic heterocycles. The van der Waals surface area contributed by atoms with Gasteiger partial charge in [0, 0.05) is 12.6 Å². The van der Waals surface area contributed by atoms with Gasteiger partial charge in [-0.1, -0.05) is 0 Å². The summed E-state index contributed by atoms with van der Waals surface area (Å²) in [5.41, 5.74) is -0.548. The average molecular weight is 300 g/mol. The van der Waals surface area contributed by atoms with Gasteiger partial charge in [-0.3, -0.25) is 10.1 Å². The summed E-state index contributed by atoms with van der Waals surface area (Å²) in [7, 11) is 0. The minimum atomic E-state index is -1.34. The lowest BCUT2D eigenvalue weighted by Crippen LogP contribution is -2.14. The molecule has 8 heteroatoms. The molecule has 1 aromatic heterocycles. The number of nitrogens with one attached hydrogen (secondary N) is 1. The van der Waals surface area contributed by atoms with Crippen LogP contribution in [0, 0.1) is 21.7 Å². The molecule has 20 heavy (non-hydrogen) atoms. The Kier molecular flexibility index (Phi) is 4.26. The Bertz CT molecular complexity index is 619. The summed E-state index contributed by atoms with van der Waals surface area (Å²) in [6, 6.07) is 3.24. The van der Waals surface area contributed by atoms with Gasteiger partial charge in [-0.25, -0.2) is 8.78 Å².